The molecule has 4 rings (SSSR count). The SMILES string of the molecule is CC1CCCN(S(=O)(=O)c2ccc(NC(=O)COc3ccc(C4SCCS4)cc3)cc2)C1. The van der Waals surface area contributed by atoms with E-state index in [0.29, 0.717) is 35.0 Å². The molecule has 2 aromatic carbocycles. The molecule has 0 radical (unpaired) electrons. The van der Waals surface area contributed by atoms with Crippen LogP contribution in [0.25, 0.3) is 0 Å². The smallest absolute Gasteiger partial charge is 0.262 e. The van der Waals surface area contributed by atoms with Crippen LogP contribution in [-0.2, 0) is 14.8 Å². The number of benzene rings is 2. The number of nitrogens with one attached hydrogen (secondary N) is 1. The maximum Gasteiger partial charge on any atom is 0.262 e. The van der Waals surface area contributed by atoms with Gasteiger partial charge in [-0.3, -0.25) is 4.79 Å². The standard InChI is InChI=1S/C23H28N2O4S3/c1-17-3-2-12-25(15-17)32(27,28)21-10-6-19(7-11-21)24-22(26)16-29-20-8-4-18(5-9-20)23-30-13-14-31-23/h4-11,17,23H,2-3,12-16H2,1H3,(H,24,26). The number of nitrogens with zero attached hydrogens (tertiary/aromatic N) is 1. The average Bonchev–Trinajstić information content (AvgIpc) is 3.33. The van der Waals surface area contributed by atoms with Crippen molar-refractivity contribution in [2.24, 2.45) is 5.92 Å². The average molecular weight is 493 g/mol. The summed E-state index contributed by atoms with van der Waals surface area (Å²) in [5, 5.41) is 2.75. The van der Waals surface area contributed by atoms with Gasteiger partial charge in [0.2, 0.25) is 10.0 Å². The number of ether oxygens (including phenoxy) is 1. The Kier molecular flexibility index (Phi) is 7.70. The van der Waals surface area contributed by atoms with Crippen molar-refractivity contribution < 1.29 is 17.9 Å². The highest BCUT2D eigenvalue weighted by Gasteiger charge is 2.28. The van der Waals surface area contributed by atoms with Crippen molar-refractivity contribution in [2.75, 3.05) is 36.5 Å². The Hall–Kier alpha value is -1.68. The van der Waals surface area contributed by atoms with Gasteiger partial charge in [0.25, 0.3) is 5.91 Å². The Morgan fingerprint density at radius 3 is 2.44 bits per heavy atom. The zero-order chi connectivity index (χ0) is 22.6. The first kappa shape index (κ1) is 23.5. The molecular weight excluding hydrogens is 464 g/mol. The molecule has 2 heterocycles. The Morgan fingerprint density at radius 1 is 1.09 bits per heavy atom. The van der Waals surface area contributed by atoms with Gasteiger partial charge in [-0.25, -0.2) is 8.42 Å². The molecule has 2 aromatic rings. The van der Waals surface area contributed by atoms with Crippen LogP contribution in [0, 0.1) is 5.92 Å². The zero-order valence-electron chi connectivity index (χ0n) is 18.0. The van der Waals surface area contributed by atoms with Crippen LogP contribution in [0.4, 0.5) is 5.69 Å². The summed E-state index contributed by atoms with van der Waals surface area (Å²) in [6.45, 7) is 3.07. The minimum Gasteiger partial charge on any atom is -0.484 e. The van der Waals surface area contributed by atoms with E-state index in [2.05, 4.69) is 12.2 Å². The van der Waals surface area contributed by atoms with Gasteiger partial charge in [-0.2, -0.15) is 4.31 Å². The summed E-state index contributed by atoms with van der Waals surface area (Å²) in [5.41, 5.74) is 1.80. The third-order valence-electron chi connectivity index (χ3n) is 5.54. The third kappa shape index (κ3) is 5.81. The molecule has 0 bridgehead atoms. The first-order valence-corrected chi connectivity index (χ1v) is 14.3. The molecule has 0 spiro atoms. The molecule has 1 amide bonds. The predicted octanol–water partition coefficient (Wildman–Crippen LogP) is 4.60. The van der Waals surface area contributed by atoms with E-state index in [1.54, 1.807) is 28.6 Å². The number of carbonyl (C=O) groups is 1. The van der Waals surface area contributed by atoms with Gasteiger partial charge in [0.05, 0.1) is 9.48 Å². The van der Waals surface area contributed by atoms with Crippen molar-refractivity contribution in [3.05, 3.63) is 54.1 Å². The molecule has 32 heavy (non-hydrogen) atoms. The van der Waals surface area contributed by atoms with Crippen LogP contribution in [0.2, 0.25) is 0 Å². The van der Waals surface area contributed by atoms with E-state index in [4.69, 9.17) is 4.74 Å². The number of amides is 1. The molecule has 2 aliphatic heterocycles. The van der Waals surface area contributed by atoms with Gasteiger partial charge in [-0.1, -0.05) is 19.1 Å². The van der Waals surface area contributed by atoms with Crippen molar-refractivity contribution in [1.29, 1.82) is 0 Å². The number of hydrogen-bond acceptors (Lipinski definition) is 6. The van der Waals surface area contributed by atoms with Crippen LogP contribution in [0.5, 0.6) is 5.75 Å². The molecule has 9 heteroatoms. The number of thioether (sulfide) groups is 2. The van der Waals surface area contributed by atoms with Gasteiger partial charge >= 0.3 is 0 Å². The summed E-state index contributed by atoms with van der Waals surface area (Å²) in [6.07, 6.45) is 1.94. The molecule has 1 unspecified atom stereocenters. The number of rotatable bonds is 7. The van der Waals surface area contributed by atoms with Gasteiger partial charge in [-0.05, 0) is 60.7 Å². The van der Waals surface area contributed by atoms with Crippen LogP contribution in [0.1, 0.15) is 29.9 Å². The highest BCUT2D eigenvalue weighted by Crippen LogP contribution is 2.45. The molecule has 6 nitrogen and oxygen atoms in total. The van der Waals surface area contributed by atoms with Gasteiger partial charge in [-0.15, -0.1) is 23.5 Å². The Morgan fingerprint density at radius 2 is 1.78 bits per heavy atom. The summed E-state index contributed by atoms with van der Waals surface area (Å²) < 4.78 is 33.3. The lowest BCUT2D eigenvalue weighted by atomic mass is 10.0. The summed E-state index contributed by atoms with van der Waals surface area (Å²) in [6, 6.07) is 14.2. The van der Waals surface area contributed by atoms with Crippen molar-refractivity contribution in [1.82, 2.24) is 4.31 Å². The quantitative estimate of drug-likeness (QED) is 0.609. The van der Waals surface area contributed by atoms with Crippen LogP contribution < -0.4 is 10.1 Å². The van der Waals surface area contributed by atoms with E-state index < -0.39 is 10.0 Å². The van der Waals surface area contributed by atoms with Crippen LogP contribution in [0.3, 0.4) is 0 Å². The van der Waals surface area contributed by atoms with E-state index in [1.807, 2.05) is 47.8 Å². The van der Waals surface area contributed by atoms with Crippen LogP contribution in [0.15, 0.2) is 53.4 Å². The summed E-state index contributed by atoms with van der Waals surface area (Å²) >= 11 is 3.90. The number of sulfonamides is 1. The Bertz CT molecular complexity index is 1020. The molecule has 0 aromatic heterocycles. The minimum absolute atomic E-state index is 0.113. The van der Waals surface area contributed by atoms with E-state index in [9.17, 15) is 13.2 Å². The second-order valence-electron chi connectivity index (χ2n) is 8.11. The molecule has 1 N–H and O–H groups in total. The van der Waals surface area contributed by atoms with E-state index >= 15 is 0 Å². The van der Waals surface area contributed by atoms with E-state index in [0.717, 1.165) is 12.8 Å². The first-order chi connectivity index (χ1) is 15.4. The maximum atomic E-state index is 12.8. The lowest BCUT2D eigenvalue weighted by molar-refractivity contribution is -0.118. The highest BCUT2D eigenvalue weighted by atomic mass is 32.2. The summed E-state index contributed by atoms with van der Waals surface area (Å²) in [5.74, 6) is 3.08. The maximum absolute atomic E-state index is 12.8. The van der Waals surface area contributed by atoms with E-state index in [1.165, 1.54) is 17.1 Å². The third-order valence-corrected chi connectivity index (χ3v) is 10.5. The second kappa shape index (κ2) is 10.5. The monoisotopic (exact) mass is 492 g/mol. The van der Waals surface area contributed by atoms with Crippen molar-refractivity contribution >= 4 is 45.1 Å². The molecule has 1 atom stereocenters. The number of hydrogen-bond donors (Lipinski definition) is 1. The van der Waals surface area contributed by atoms with Crippen LogP contribution >= 0.6 is 23.5 Å². The normalized spacial score (nSPS) is 20.2. The van der Waals surface area contributed by atoms with Crippen molar-refractivity contribution in [3.63, 3.8) is 0 Å². The molecule has 2 aliphatic rings. The largest absolute Gasteiger partial charge is 0.484 e. The second-order valence-corrected chi connectivity index (χ2v) is 12.8. The zero-order valence-corrected chi connectivity index (χ0v) is 20.5. The lowest BCUT2D eigenvalue weighted by Crippen LogP contribution is -2.39. The van der Waals surface area contributed by atoms with Crippen LogP contribution in [-0.4, -0.2) is 49.8 Å². The minimum atomic E-state index is -3.50. The highest BCUT2D eigenvalue weighted by molar-refractivity contribution is 8.19. The fraction of sp³-hybridized carbons (Fsp3) is 0.435. The van der Waals surface area contributed by atoms with Gasteiger partial charge < -0.3 is 10.1 Å². The van der Waals surface area contributed by atoms with Gasteiger partial charge in [0, 0.05) is 30.3 Å². The van der Waals surface area contributed by atoms with Gasteiger partial charge in [0.15, 0.2) is 6.61 Å². The summed E-state index contributed by atoms with van der Waals surface area (Å²) in [7, 11) is -3.50. The predicted molar refractivity (Wildman–Crippen MR) is 132 cm³/mol. The fourth-order valence-corrected chi connectivity index (χ4v) is 8.30. The number of piperidine rings is 1. The van der Waals surface area contributed by atoms with Crippen molar-refractivity contribution in [2.45, 2.75) is 29.2 Å². The van der Waals surface area contributed by atoms with Gasteiger partial charge in [0.1, 0.15) is 5.75 Å². The number of anilines is 1. The molecule has 0 saturated carbocycles. The Labute approximate surface area is 198 Å². The van der Waals surface area contributed by atoms with E-state index in [-0.39, 0.29) is 17.4 Å². The molecule has 2 saturated heterocycles. The number of carbonyl (C=O) groups excluding carboxylic acids is 1. The van der Waals surface area contributed by atoms with Crippen molar-refractivity contribution in [3.8, 4) is 5.75 Å². The first-order valence-electron chi connectivity index (χ1n) is 10.8. The lowest BCUT2D eigenvalue weighted by Gasteiger charge is -2.30. The fourth-order valence-electron chi connectivity index (χ4n) is 3.84. The Balaban J connectivity index is 1.29. The topological polar surface area (TPSA) is 75.7 Å². The molecule has 0 aliphatic carbocycles. The summed E-state index contributed by atoms with van der Waals surface area (Å²) in [4.78, 5) is 12.5. The molecule has 172 valence electrons. The molecule has 2 fully saturated rings. The molecular formula is C23H28N2O4S3.